The van der Waals surface area contributed by atoms with E-state index in [0.29, 0.717) is 18.4 Å². The Balaban J connectivity index is 4.17. The number of aldehydes is 1. The van der Waals surface area contributed by atoms with Crippen LogP contribution >= 0.6 is 0 Å². The molecule has 0 aliphatic rings. The lowest BCUT2D eigenvalue weighted by molar-refractivity contribution is -0.104. The second-order valence-electron chi connectivity index (χ2n) is 3.25. The summed E-state index contributed by atoms with van der Waals surface area (Å²) in [6.07, 6.45) is 3.36. The summed E-state index contributed by atoms with van der Waals surface area (Å²) in [5.74, 6) is 0. The average Bonchev–Trinajstić information content (AvgIpc) is 2.02. The van der Waals surface area contributed by atoms with Crippen LogP contribution in [0.2, 0.25) is 0 Å². The molecule has 13 heavy (non-hydrogen) atoms. The van der Waals surface area contributed by atoms with E-state index in [1.807, 2.05) is 32.7 Å². The minimum atomic E-state index is 0.313. The summed E-state index contributed by atoms with van der Waals surface area (Å²) < 4.78 is 0. The second-order valence-corrected chi connectivity index (χ2v) is 3.25. The van der Waals surface area contributed by atoms with E-state index in [2.05, 4.69) is 10.3 Å². The Morgan fingerprint density at radius 2 is 1.69 bits per heavy atom. The standard InChI is InChI=1S/C9H17N3O/c1-8(2)12(9(3)4)11-10-6-5-7-13/h5-9H,1-4H3/b6-5+,11-10?. The maximum atomic E-state index is 9.92. The zero-order valence-corrected chi connectivity index (χ0v) is 8.64. The van der Waals surface area contributed by atoms with Gasteiger partial charge in [-0.3, -0.25) is 9.80 Å². The van der Waals surface area contributed by atoms with Gasteiger partial charge in [0.2, 0.25) is 0 Å². The fourth-order valence-electron chi connectivity index (χ4n) is 0.966. The van der Waals surface area contributed by atoms with Gasteiger partial charge in [0.05, 0.1) is 6.20 Å². The van der Waals surface area contributed by atoms with Crippen molar-refractivity contribution in [2.75, 3.05) is 0 Å². The maximum Gasteiger partial charge on any atom is 0.144 e. The molecule has 4 nitrogen and oxygen atoms in total. The lowest BCUT2D eigenvalue weighted by Crippen LogP contribution is -2.31. The number of allylic oxidation sites excluding steroid dienone is 1. The number of nitrogens with zero attached hydrogens (tertiary/aromatic N) is 3. The largest absolute Gasteiger partial charge is 0.299 e. The van der Waals surface area contributed by atoms with Gasteiger partial charge < -0.3 is 0 Å². The zero-order chi connectivity index (χ0) is 10.3. The minimum absolute atomic E-state index is 0.313. The molecule has 0 fully saturated rings. The summed E-state index contributed by atoms with van der Waals surface area (Å²) >= 11 is 0. The van der Waals surface area contributed by atoms with E-state index in [-0.39, 0.29) is 0 Å². The molecule has 0 aromatic rings. The molecule has 0 aromatic carbocycles. The molecule has 0 spiro atoms. The molecule has 0 unspecified atom stereocenters. The van der Waals surface area contributed by atoms with E-state index < -0.39 is 0 Å². The molecule has 0 amide bonds. The van der Waals surface area contributed by atoms with Gasteiger partial charge in [0.25, 0.3) is 0 Å². The molecule has 0 aliphatic carbocycles. The van der Waals surface area contributed by atoms with Gasteiger partial charge in [-0.1, -0.05) is 5.22 Å². The van der Waals surface area contributed by atoms with E-state index in [1.165, 1.54) is 12.3 Å². The fourth-order valence-corrected chi connectivity index (χ4v) is 0.966. The van der Waals surface area contributed by atoms with Crippen molar-refractivity contribution in [3.05, 3.63) is 12.3 Å². The number of hydrogen-bond donors (Lipinski definition) is 0. The van der Waals surface area contributed by atoms with Gasteiger partial charge in [-0.25, -0.2) is 0 Å². The highest BCUT2D eigenvalue weighted by Gasteiger charge is 2.09. The predicted molar refractivity (Wildman–Crippen MR) is 52.2 cm³/mol. The topological polar surface area (TPSA) is 45.0 Å². The quantitative estimate of drug-likeness (QED) is 0.284. The summed E-state index contributed by atoms with van der Waals surface area (Å²) in [4.78, 5) is 9.92. The highest BCUT2D eigenvalue weighted by molar-refractivity contribution is 5.64. The molecule has 74 valence electrons. The first-order chi connectivity index (χ1) is 6.09. The third-order valence-electron chi connectivity index (χ3n) is 1.44. The van der Waals surface area contributed by atoms with Crippen LogP contribution in [0, 0.1) is 0 Å². The Labute approximate surface area is 79.3 Å². The number of rotatable bonds is 5. The fraction of sp³-hybridized carbons (Fsp3) is 0.667. The third-order valence-corrected chi connectivity index (χ3v) is 1.44. The molecule has 0 radical (unpaired) electrons. The summed E-state index contributed by atoms with van der Waals surface area (Å²) in [6, 6.07) is 0.627. The van der Waals surface area contributed by atoms with Crippen molar-refractivity contribution >= 4 is 6.29 Å². The highest BCUT2D eigenvalue weighted by Crippen LogP contribution is 2.05. The van der Waals surface area contributed by atoms with Crippen molar-refractivity contribution in [2.24, 2.45) is 10.3 Å². The van der Waals surface area contributed by atoms with Gasteiger partial charge in [-0.05, 0) is 33.8 Å². The lowest BCUT2D eigenvalue weighted by atomic mass is 10.3. The first kappa shape index (κ1) is 11.8. The Morgan fingerprint density at radius 3 is 2.08 bits per heavy atom. The molecule has 0 aliphatic heterocycles. The van der Waals surface area contributed by atoms with Crippen LogP contribution in [0.3, 0.4) is 0 Å². The van der Waals surface area contributed by atoms with Crippen LogP contribution < -0.4 is 0 Å². The van der Waals surface area contributed by atoms with Crippen LogP contribution in [0.5, 0.6) is 0 Å². The number of hydrogen-bond acceptors (Lipinski definition) is 3. The summed E-state index contributed by atoms with van der Waals surface area (Å²) in [5.41, 5.74) is 0. The first-order valence-electron chi connectivity index (χ1n) is 4.39. The van der Waals surface area contributed by atoms with Crippen molar-refractivity contribution < 1.29 is 4.79 Å². The minimum Gasteiger partial charge on any atom is -0.299 e. The molecule has 0 saturated carbocycles. The van der Waals surface area contributed by atoms with E-state index >= 15 is 0 Å². The molecule has 0 saturated heterocycles. The number of carbonyl (C=O) groups is 1. The van der Waals surface area contributed by atoms with Crippen LogP contribution in [-0.2, 0) is 4.79 Å². The summed E-state index contributed by atoms with van der Waals surface area (Å²) in [6.45, 7) is 8.18. The smallest absolute Gasteiger partial charge is 0.144 e. The lowest BCUT2D eigenvalue weighted by Gasteiger charge is -2.25. The predicted octanol–water partition coefficient (Wildman–Crippen LogP) is 2.19. The molecule has 0 N–H and O–H groups in total. The van der Waals surface area contributed by atoms with Gasteiger partial charge in [0.15, 0.2) is 0 Å². The van der Waals surface area contributed by atoms with Crippen LogP contribution in [-0.4, -0.2) is 23.4 Å². The van der Waals surface area contributed by atoms with E-state index in [1.54, 1.807) is 0 Å². The molecule has 0 rings (SSSR count). The monoisotopic (exact) mass is 183 g/mol. The molecule has 0 heterocycles. The molecular formula is C9H17N3O. The van der Waals surface area contributed by atoms with Crippen molar-refractivity contribution in [2.45, 2.75) is 39.8 Å². The molecular weight excluding hydrogens is 166 g/mol. The summed E-state index contributed by atoms with van der Waals surface area (Å²) in [7, 11) is 0. The van der Waals surface area contributed by atoms with Crippen LogP contribution in [0.1, 0.15) is 27.7 Å². The Bertz CT molecular complexity index is 189. The van der Waals surface area contributed by atoms with Crippen LogP contribution in [0.15, 0.2) is 22.6 Å². The molecule has 0 aromatic heterocycles. The van der Waals surface area contributed by atoms with E-state index in [9.17, 15) is 4.79 Å². The maximum absolute atomic E-state index is 9.92. The first-order valence-corrected chi connectivity index (χ1v) is 4.39. The van der Waals surface area contributed by atoms with Crippen molar-refractivity contribution in [1.82, 2.24) is 5.01 Å². The van der Waals surface area contributed by atoms with Gasteiger partial charge in [0, 0.05) is 12.1 Å². The van der Waals surface area contributed by atoms with Crippen LogP contribution in [0.25, 0.3) is 0 Å². The Morgan fingerprint density at radius 1 is 1.15 bits per heavy atom. The molecule has 0 atom stereocenters. The Kier molecular flexibility index (Phi) is 5.76. The Hall–Kier alpha value is -1.19. The van der Waals surface area contributed by atoms with E-state index in [0.717, 1.165) is 0 Å². The van der Waals surface area contributed by atoms with Crippen molar-refractivity contribution in [3.8, 4) is 0 Å². The van der Waals surface area contributed by atoms with Gasteiger partial charge in [-0.15, -0.1) is 5.11 Å². The van der Waals surface area contributed by atoms with Crippen LogP contribution in [0.4, 0.5) is 0 Å². The van der Waals surface area contributed by atoms with Gasteiger partial charge >= 0.3 is 0 Å². The molecule has 4 heteroatoms. The van der Waals surface area contributed by atoms with Gasteiger partial charge in [-0.2, -0.15) is 0 Å². The highest BCUT2D eigenvalue weighted by atomic mass is 16.1. The van der Waals surface area contributed by atoms with Crippen molar-refractivity contribution in [1.29, 1.82) is 0 Å². The van der Waals surface area contributed by atoms with Gasteiger partial charge in [0.1, 0.15) is 6.29 Å². The second kappa shape index (κ2) is 6.34. The molecule has 0 bridgehead atoms. The zero-order valence-electron chi connectivity index (χ0n) is 8.64. The third kappa shape index (κ3) is 5.11. The summed E-state index contributed by atoms with van der Waals surface area (Å²) in [5, 5.41) is 9.59. The SMILES string of the molecule is CC(C)N(N=N/C=C/C=O)C(C)C. The normalized spacial score (nSPS) is 12.2. The van der Waals surface area contributed by atoms with Crippen molar-refractivity contribution in [3.63, 3.8) is 0 Å². The number of carbonyl (C=O) groups excluding carboxylic acids is 1. The van der Waals surface area contributed by atoms with E-state index in [4.69, 9.17) is 0 Å². The average molecular weight is 183 g/mol.